The lowest BCUT2D eigenvalue weighted by Gasteiger charge is -2.09. The average Bonchev–Trinajstić information content (AvgIpc) is 2.79. The summed E-state index contributed by atoms with van der Waals surface area (Å²) in [5.41, 5.74) is 12.0. The lowest BCUT2D eigenvalue weighted by Crippen LogP contribution is -1.95. The smallest absolute Gasteiger partial charge is 0.0289 e. The molecule has 0 fully saturated rings. The molecule has 0 aliphatic heterocycles. The molecular weight excluding hydrogens is 408 g/mol. The molecule has 0 radical (unpaired) electrons. The normalized spacial score (nSPS) is 7.76. The van der Waals surface area contributed by atoms with Gasteiger partial charge in [-0.15, -0.1) is 23.7 Å². The van der Waals surface area contributed by atoms with Gasteiger partial charge < -0.3 is 0 Å². The summed E-state index contributed by atoms with van der Waals surface area (Å²) in [5.74, 6) is 24.3. The topological polar surface area (TPSA) is 0 Å². The van der Waals surface area contributed by atoms with Crippen LogP contribution >= 0.6 is 0 Å². The second kappa shape index (κ2) is 18.1. The monoisotopic (exact) mass is 454 g/mol. The van der Waals surface area contributed by atoms with Gasteiger partial charge in [-0.1, -0.05) is 52.4 Å². The van der Waals surface area contributed by atoms with Crippen LogP contribution in [0.3, 0.4) is 0 Å². The molecule has 2 aromatic rings. The van der Waals surface area contributed by atoms with E-state index in [1.807, 2.05) is 41.5 Å². The van der Waals surface area contributed by atoms with Crippen molar-refractivity contribution in [2.24, 2.45) is 0 Å². The highest BCUT2D eigenvalue weighted by Crippen LogP contribution is 2.21. The Kier molecular flexibility index (Phi) is 18.8. The number of hydrogen-bond donors (Lipinski definition) is 0. The van der Waals surface area contributed by atoms with E-state index in [9.17, 15) is 0 Å². The van der Waals surface area contributed by atoms with Gasteiger partial charge in [0.15, 0.2) is 0 Å². The van der Waals surface area contributed by atoms with E-state index in [2.05, 4.69) is 101 Å². The first-order valence-electron chi connectivity index (χ1n) is 11.2. The Morgan fingerprint density at radius 2 is 0.559 bits per heavy atom. The van der Waals surface area contributed by atoms with Crippen LogP contribution in [0.1, 0.15) is 112 Å². The van der Waals surface area contributed by atoms with Crippen molar-refractivity contribution in [3.8, 4) is 47.4 Å². The van der Waals surface area contributed by atoms with Crippen molar-refractivity contribution in [1.82, 2.24) is 0 Å². The molecule has 0 atom stereocenters. The van der Waals surface area contributed by atoms with Crippen LogP contribution in [0.4, 0.5) is 0 Å². The maximum atomic E-state index is 3.12. The first-order chi connectivity index (χ1) is 15.2. The molecule has 0 saturated heterocycles. The Hall–Kier alpha value is -3.32. The second-order valence-electron chi connectivity index (χ2n) is 7.19. The zero-order chi connectivity index (χ0) is 24.8. The summed E-state index contributed by atoms with van der Waals surface area (Å²) in [6.07, 6.45) is 0. The summed E-state index contributed by atoms with van der Waals surface area (Å²) in [6, 6.07) is 4.18. The molecule has 0 nitrogen and oxygen atoms in total. The zero-order valence-electron chi connectivity index (χ0n) is 22.2. The molecule has 0 aliphatic rings. The van der Waals surface area contributed by atoms with Crippen molar-refractivity contribution >= 4 is 0 Å². The number of rotatable bonds is 0. The summed E-state index contributed by atoms with van der Waals surface area (Å²) >= 11 is 0. The molecule has 0 aliphatic carbocycles. The Labute approximate surface area is 213 Å². The largest absolute Gasteiger partial charge is 0.101 e. The first kappa shape index (κ1) is 35.3. The number of benzene rings is 2. The van der Waals surface area contributed by atoms with Gasteiger partial charge in [0, 0.05) is 22.3 Å². The van der Waals surface area contributed by atoms with Gasteiger partial charge in [0.2, 0.25) is 0 Å². The Bertz CT molecular complexity index is 1000. The zero-order valence-corrected chi connectivity index (χ0v) is 22.2. The highest BCUT2D eigenvalue weighted by Gasteiger charge is 2.07. The third-order valence-electron chi connectivity index (χ3n) is 5.48. The lowest BCUT2D eigenvalue weighted by molar-refractivity contribution is 1.24. The molecular formula is C34H46. The van der Waals surface area contributed by atoms with E-state index in [4.69, 9.17) is 0 Å². The highest BCUT2D eigenvalue weighted by molar-refractivity contribution is 5.56. The summed E-state index contributed by atoms with van der Waals surface area (Å²) in [4.78, 5) is 0. The van der Waals surface area contributed by atoms with Crippen molar-refractivity contribution in [3.63, 3.8) is 0 Å². The lowest BCUT2D eigenvalue weighted by atomic mass is 9.94. The minimum atomic E-state index is 0. The molecule has 2 rings (SSSR count). The van der Waals surface area contributed by atoms with Gasteiger partial charge in [-0.2, -0.15) is 0 Å². The predicted molar refractivity (Wildman–Crippen MR) is 156 cm³/mol. The van der Waals surface area contributed by atoms with Gasteiger partial charge in [-0.25, -0.2) is 0 Å². The number of hydrogen-bond acceptors (Lipinski definition) is 0. The Morgan fingerprint density at radius 1 is 0.382 bits per heavy atom. The van der Waals surface area contributed by atoms with Gasteiger partial charge in [0.25, 0.3) is 0 Å². The van der Waals surface area contributed by atoms with Crippen LogP contribution < -0.4 is 0 Å². The van der Waals surface area contributed by atoms with E-state index in [0.29, 0.717) is 0 Å². The molecule has 0 heterocycles. The fraction of sp³-hybridized carbons (Fsp3) is 0.412. The second-order valence-corrected chi connectivity index (χ2v) is 7.19. The molecule has 0 heteroatoms. The van der Waals surface area contributed by atoms with Crippen molar-refractivity contribution in [3.05, 3.63) is 67.8 Å². The van der Waals surface area contributed by atoms with E-state index in [-0.39, 0.29) is 14.9 Å². The van der Waals surface area contributed by atoms with E-state index < -0.39 is 0 Å². The molecule has 0 spiro atoms. The highest BCUT2D eigenvalue weighted by atomic mass is 14.1. The van der Waals surface area contributed by atoms with Gasteiger partial charge in [0.05, 0.1) is 0 Å². The summed E-state index contributed by atoms with van der Waals surface area (Å²) in [6.45, 7) is 24.2. The summed E-state index contributed by atoms with van der Waals surface area (Å²) in [7, 11) is 0. The van der Waals surface area contributed by atoms with E-state index in [1.54, 1.807) is 0 Å². The molecule has 0 bridgehead atoms. The minimum absolute atomic E-state index is 0. The molecule has 34 heavy (non-hydrogen) atoms. The van der Waals surface area contributed by atoms with Gasteiger partial charge in [0.1, 0.15) is 0 Å². The van der Waals surface area contributed by atoms with Crippen LogP contribution in [0.2, 0.25) is 0 Å². The van der Waals surface area contributed by atoms with E-state index in [0.717, 1.165) is 22.3 Å². The Morgan fingerprint density at radius 3 is 0.706 bits per heavy atom. The summed E-state index contributed by atoms with van der Waals surface area (Å²) in [5, 5.41) is 0. The van der Waals surface area contributed by atoms with Gasteiger partial charge in [-0.3, -0.25) is 0 Å². The van der Waals surface area contributed by atoms with E-state index in [1.165, 1.54) is 33.4 Å². The van der Waals surface area contributed by atoms with Crippen LogP contribution in [-0.4, -0.2) is 0 Å². The van der Waals surface area contributed by atoms with Crippen LogP contribution in [0.25, 0.3) is 0 Å². The molecule has 0 amide bonds. The molecule has 0 N–H and O–H groups in total. The fourth-order valence-electron chi connectivity index (χ4n) is 3.15. The first-order valence-corrected chi connectivity index (χ1v) is 11.2. The molecule has 0 aromatic heterocycles. The fourth-order valence-corrected chi connectivity index (χ4v) is 3.15. The van der Waals surface area contributed by atoms with Gasteiger partial charge >= 0.3 is 0 Å². The average molecular weight is 455 g/mol. The van der Waals surface area contributed by atoms with Crippen molar-refractivity contribution < 1.29 is 0 Å². The maximum absolute atomic E-state index is 3.12. The third-order valence-corrected chi connectivity index (χ3v) is 5.48. The predicted octanol–water partition coefficient (Wildman–Crippen LogP) is 9.01. The standard InChI is InChI=1S/2C15H16.C2H6.2CH4/c2*1-6-8-14-10-15(9-7-2)13(5)11(3)12(14)4;1-2;;/h2*10H,1-5H3;1-2H3;2*1H4. The minimum Gasteiger partial charge on any atom is -0.101 e. The molecule has 2 aromatic carbocycles. The third kappa shape index (κ3) is 9.27. The molecule has 0 saturated carbocycles. The van der Waals surface area contributed by atoms with Crippen LogP contribution in [-0.2, 0) is 0 Å². The Balaban J connectivity index is -0.000000499. The molecule has 182 valence electrons. The van der Waals surface area contributed by atoms with Crippen molar-refractivity contribution in [2.75, 3.05) is 0 Å². The van der Waals surface area contributed by atoms with Crippen molar-refractivity contribution in [1.29, 1.82) is 0 Å². The van der Waals surface area contributed by atoms with Crippen LogP contribution in [0.5, 0.6) is 0 Å². The van der Waals surface area contributed by atoms with Crippen molar-refractivity contribution in [2.45, 2.75) is 97.9 Å². The van der Waals surface area contributed by atoms with Gasteiger partial charge in [-0.05, 0) is 115 Å². The molecule has 0 unspecified atom stereocenters. The quantitative estimate of drug-likeness (QED) is 0.348. The summed E-state index contributed by atoms with van der Waals surface area (Å²) < 4.78 is 0. The van der Waals surface area contributed by atoms with Crippen LogP contribution in [0.15, 0.2) is 12.1 Å². The SMILES string of the molecule is C.C.CC.CC#Cc1cc(C#CC)c(C)c(C)c1C.CC#Cc1cc(C#CC)c(C)c(C)c1C. The van der Waals surface area contributed by atoms with Crippen LogP contribution in [0, 0.1) is 88.9 Å². The maximum Gasteiger partial charge on any atom is 0.0289 e. The van der Waals surface area contributed by atoms with E-state index >= 15 is 0 Å².